The second-order valence-electron chi connectivity index (χ2n) is 15.2. The number of β-amino-alcohol motifs (C(OH)–C–C–N with tert-alkyl or cyclic N) is 1. The maximum absolute atomic E-state index is 13.9. The molecule has 15 nitrogen and oxygen atoms in total. The molecule has 0 bridgehead atoms. The number of ether oxygens (including phenoxy) is 1. The Morgan fingerprint density at radius 1 is 0.768 bits per heavy atom. The van der Waals surface area contributed by atoms with Crippen LogP contribution in [-0.4, -0.2) is 96.2 Å². The lowest BCUT2D eigenvalue weighted by Crippen LogP contribution is -2.57. The van der Waals surface area contributed by atoms with Crippen molar-refractivity contribution in [1.82, 2.24) is 31.9 Å². The van der Waals surface area contributed by atoms with Crippen molar-refractivity contribution in [2.45, 2.75) is 127 Å². The molecule has 5 atom stereocenters. The maximum atomic E-state index is 13.9. The molecule has 0 aromatic heterocycles. The second kappa shape index (κ2) is 23.8. The number of alkyl carbamates (subject to hydrolysis) is 1. The number of nitrogens with two attached hydrogens (primary N) is 1. The molecule has 6 amide bonds. The van der Waals surface area contributed by atoms with E-state index in [1.165, 1.54) is 0 Å². The highest BCUT2D eigenvalue weighted by Crippen LogP contribution is 2.12. The normalized spacial score (nSPS) is 23.7. The SMILES string of the molecule is CC(C)(C)OC(=O)NC1CCCCNC(=O)CCCC(=O)NCCCC[C@@H](C(N)=O)NC(=O)C(Cc2ccccc2)NCC(O)C(Cc2ccccc2)NC1=O. The van der Waals surface area contributed by atoms with Crippen molar-refractivity contribution in [1.29, 1.82) is 0 Å². The summed E-state index contributed by atoms with van der Waals surface area (Å²) < 4.78 is 5.44. The van der Waals surface area contributed by atoms with Gasteiger partial charge in [0.25, 0.3) is 0 Å². The first-order valence-electron chi connectivity index (χ1n) is 19.6. The van der Waals surface area contributed by atoms with E-state index in [9.17, 15) is 33.9 Å². The van der Waals surface area contributed by atoms with E-state index in [0.29, 0.717) is 45.2 Å². The molecule has 4 unspecified atom stereocenters. The smallest absolute Gasteiger partial charge is 0.408 e. The summed E-state index contributed by atoms with van der Waals surface area (Å²) in [7, 11) is 0. The number of hydrogen-bond donors (Lipinski definition) is 8. The molecular weight excluding hydrogens is 718 g/mol. The standard InChI is InChI=1S/C41H61N7O8/c1-41(2,3)56-40(55)48-31-20-11-13-24-44-36(51)22-14-21-35(50)43-23-12-10-19-30(37(42)52)46-39(54)33(26-29-17-8-5-9-18-29)45-27-34(49)32(47-38(31)53)25-28-15-6-4-7-16-28/h4-9,15-18,30-34,45,49H,10-14,19-27H2,1-3H3,(H2,42,52)(H,43,50)(H,44,51)(H,46,54)(H,47,53)(H,48,55)/t30-,31?,32?,33?,34?/m0/s1. The number of rotatable bonds is 6. The first kappa shape index (κ1) is 45.4. The van der Waals surface area contributed by atoms with Gasteiger partial charge >= 0.3 is 6.09 Å². The summed E-state index contributed by atoms with van der Waals surface area (Å²) in [6.45, 7) is 5.73. The number of carbonyl (C=O) groups excluding carboxylic acids is 6. The minimum absolute atomic E-state index is 0.118. The highest BCUT2D eigenvalue weighted by Gasteiger charge is 2.30. The molecule has 9 N–H and O–H groups in total. The third-order valence-corrected chi connectivity index (χ3v) is 9.22. The zero-order valence-corrected chi connectivity index (χ0v) is 32.9. The molecule has 0 radical (unpaired) electrons. The van der Waals surface area contributed by atoms with Gasteiger partial charge in [-0.05, 0) is 89.7 Å². The van der Waals surface area contributed by atoms with Crippen molar-refractivity contribution in [3.8, 4) is 0 Å². The summed E-state index contributed by atoms with van der Waals surface area (Å²) in [5, 5.41) is 28.9. The molecule has 2 aromatic carbocycles. The summed E-state index contributed by atoms with van der Waals surface area (Å²) in [5.41, 5.74) is 6.56. The lowest BCUT2D eigenvalue weighted by Gasteiger charge is -2.29. The van der Waals surface area contributed by atoms with Gasteiger partial charge in [-0.1, -0.05) is 60.7 Å². The Kier molecular flexibility index (Phi) is 19.3. The number of benzene rings is 2. The molecule has 1 saturated heterocycles. The van der Waals surface area contributed by atoms with Crippen molar-refractivity contribution in [2.24, 2.45) is 5.73 Å². The van der Waals surface area contributed by atoms with Gasteiger partial charge in [-0.15, -0.1) is 0 Å². The summed E-state index contributed by atoms with van der Waals surface area (Å²) in [6, 6.07) is 14.8. The van der Waals surface area contributed by atoms with Crippen LogP contribution in [0.4, 0.5) is 4.79 Å². The van der Waals surface area contributed by atoms with Crippen LogP contribution in [0.5, 0.6) is 0 Å². The molecule has 1 aliphatic rings. The van der Waals surface area contributed by atoms with Gasteiger partial charge in [0.2, 0.25) is 29.5 Å². The molecular formula is C41H61N7O8. The lowest BCUT2D eigenvalue weighted by atomic mass is 9.99. The van der Waals surface area contributed by atoms with Gasteiger partial charge in [0, 0.05) is 32.5 Å². The third kappa shape index (κ3) is 18.1. The highest BCUT2D eigenvalue weighted by atomic mass is 16.6. The van der Waals surface area contributed by atoms with E-state index >= 15 is 0 Å². The molecule has 1 heterocycles. The van der Waals surface area contributed by atoms with Gasteiger partial charge in [0.15, 0.2) is 0 Å². The molecule has 0 spiro atoms. The Morgan fingerprint density at radius 2 is 1.32 bits per heavy atom. The Balaban J connectivity index is 1.88. The molecule has 0 saturated carbocycles. The van der Waals surface area contributed by atoms with E-state index in [4.69, 9.17) is 10.5 Å². The first-order chi connectivity index (χ1) is 26.7. The van der Waals surface area contributed by atoms with E-state index in [2.05, 4.69) is 31.9 Å². The van der Waals surface area contributed by atoms with Gasteiger partial charge in [-0.25, -0.2) is 4.79 Å². The molecule has 2 aromatic rings. The number of nitrogens with one attached hydrogen (secondary N) is 6. The molecule has 3 rings (SSSR count). The number of amides is 6. The minimum atomic E-state index is -1.21. The lowest BCUT2D eigenvalue weighted by molar-refractivity contribution is -0.129. The van der Waals surface area contributed by atoms with Gasteiger partial charge < -0.3 is 47.5 Å². The summed E-state index contributed by atoms with van der Waals surface area (Å²) >= 11 is 0. The van der Waals surface area contributed by atoms with Crippen LogP contribution in [0.15, 0.2) is 60.7 Å². The van der Waals surface area contributed by atoms with E-state index < -0.39 is 59.7 Å². The molecule has 1 aliphatic heterocycles. The van der Waals surface area contributed by atoms with Gasteiger partial charge in [-0.2, -0.15) is 0 Å². The Hall–Kier alpha value is -5.02. The highest BCUT2D eigenvalue weighted by molar-refractivity contribution is 5.89. The quantitative estimate of drug-likeness (QED) is 0.214. The van der Waals surface area contributed by atoms with Gasteiger partial charge in [0.05, 0.1) is 18.2 Å². The predicted octanol–water partition coefficient (Wildman–Crippen LogP) is 1.90. The van der Waals surface area contributed by atoms with Crippen LogP contribution in [0, 0.1) is 0 Å². The molecule has 56 heavy (non-hydrogen) atoms. The van der Waals surface area contributed by atoms with Gasteiger partial charge in [-0.3, -0.25) is 24.0 Å². The number of aliphatic hydroxyl groups excluding tert-OH is 1. The zero-order valence-electron chi connectivity index (χ0n) is 32.9. The molecule has 0 aliphatic carbocycles. The number of hydrogen-bond acceptors (Lipinski definition) is 9. The van der Waals surface area contributed by atoms with Crippen molar-refractivity contribution < 1.29 is 38.6 Å². The van der Waals surface area contributed by atoms with Crippen LogP contribution >= 0.6 is 0 Å². The first-order valence-corrected chi connectivity index (χ1v) is 19.6. The molecule has 15 heteroatoms. The largest absolute Gasteiger partial charge is 0.444 e. The number of carbonyl (C=O) groups is 6. The van der Waals surface area contributed by atoms with Crippen LogP contribution in [0.25, 0.3) is 0 Å². The number of primary amides is 1. The maximum Gasteiger partial charge on any atom is 0.408 e. The van der Waals surface area contributed by atoms with Crippen molar-refractivity contribution in [2.75, 3.05) is 19.6 Å². The average molecular weight is 780 g/mol. The van der Waals surface area contributed by atoms with Gasteiger partial charge in [0.1, 0.15) is 17.7 Å². The average Bonchev–Trinajstić information content (AvgIpc) is 3.14. The fraction of sp³-hybridized carbons (Fsp3) is 0.561. The second-order valence-corrected chi connectivity index (χ2v) is 15.2. The Labute approximate surface area is 330 Å². The Bertz CT molecular complexity index is 1550. The van der Waals surface area contributed by atoms with Crippen LogP contribution < -0.4 is 37.6 Å². The fourth-order valence-corrected chi connectivity index (χ4v) is 6.21. The molecule has 1 fully saturated rings. The zero-order chi connectivity index (χ0) is 40.9. The predicted molar refractivity (Wildman–Crippen MR) is 212 cm³/mol. The third-order valence-electron chi connectivity index (χ3n) is 9.22. The summed E-state index contributed by atoms with van der Waals surface area (Å²) in [6.07, 6.45) is 1.70. The number of aliphatic hydroxyl groups is 1. The van der Waals surface area contributed by atoms with Crippen molar-refractivity contribution in [3.05, 3.63) is 71.8 Å². The van der Waals surface area contributed by atoms with Crippen molar-refractivity contribution in [3.63, 3.8) is 0 Å². The van der Waals surface area contributed by atoms with E-state index in [1.807, 2.05) is 60.7 Å². The van der Waals surface area contributed by atoms with Crippen LogP contribution in [0.3, 0.4) is 0 Å². The topological polar surface area (TPSA) is 230 Å². The van der Waals surface area contributed by atoms with Crippen molar-refractivity contribution >= 4 is 35.6 Å². The van der Waals surface area contributed by atoms with Crippen LogP contribution in [-0.2, 0) is 41.6 Å². The van der Waals surface area contributed by atoms with Crippen LogP contribution in [0.1, 0.15) is 89.7 Å². The van der Waals surface area contributed by atoms with Crippen LogP contribution in [0.2, 0.25) is 0 Å². The fourth-order valence-electron chi connectivity index (χ4n) is 6.21. The molecule has 308 valence electrons. The minimum Gasteiger partial charge on any atom is -0.444 e. The van der Waals surface area contributed by atoms with E-state index in [-0.39, 0.29) is 56.9 Å². The summed E-state index contributed by atoms with van der Waals surface area (Å²) in [5.74, 6) is -2.12. The Morgan fingerprint density at radius 3 is 1.88 bits per heavy atom. The van der Waals surface area contributed by atoms with E-state index in [0.717, 1.165) is 11.1 Å². The van der Waals surface area contributed by atoms with E-state index in [1.54, 1.807) is 20.8 Å². The summed E-state index contributed by atoms with van der Waals surface area (Å²) in [4.78, 5) is 77.7. The monoisotopic (exact) mass is 779 g/mol.